The van der Waals surface area contributed by atoms with Crippen molar-refractivity contribution >= 4 is 0 Å². The van der Waals surface area contributed by atoms with Gasteiger partial charge < -0.3 is 19.5 Å². The molecule has 158 valence electrons. The zero-order chi connectivity index (χ0) is 21.2. The highest BCUT2D eigenvalue weighted by Gasteiger charge is 2.07. The van der Waals surface area contributed by atoms with Gasteiger partial charge in [0.15, 0.2) is 11.5 Å². The highest BCUT2D eigenvalue weighted by molar-refractivity contribution is 5.43. The van der Waals surface area contributed by atoms with Gasteiger partial charge in [0.05, 0.1) is 13.7 Å². The largest absolute Gasteiger partial charge is 0.497 e. The number of nitrogens with one attached hydrogen (secondary N) is 1. The molecule has 0 aliphatic carbocycles. The van der Waals surface area contributed by atoms with Crippen molar-refractivity contribution in [1.82, 2.24) is 5.32 Å². The van der Waals surface area contributed by atoms with Crippen LogP contribution in [0.2, 0.25) is 0 Å². The Labute approximate surface area is 179 Å². The van der Waals surface area contributed by atoms with Gasteiger partial charge in [0.25, 0.3) is 0 Å². The molecule has 0 radical (unpaired) electrons. The fourth-order valence-corrected chi connectivity index (χ4v) is 3.27. The van der Waals surface area contributed by atoms with Crippen molar-refractivity contribution < 1.29 is 14.2 Å². The van der Waals surface area contributed by atoms with Gasteiger partial charge in [-0.1, -0.05) is 48.0 Å². The molecule has 3 rings (SSSR count). The van der Waals surface area contributed by atoms with Gasteiger partial charge >= 0.3 is 0 Å². The molecule has 1 N–H and O–H groups in total. The molecule has 0 fully saturated rings. The number of ether oxygens (including phenoxy) is 3. The lowest BCUT2D eigenvalue weighted by Gasteiger charge is -2.14. The van der Waals surface area contributed by atoms with Crippen LogP contribution in [0.5, 0.6) is 17.2 Å². The van der Waals surface area contributed by atoms with Crippen LogP contribution in [0.3, 0.4) is 0 Å². The summed E-state index contributed by atoms with van der Waals surface area (Å²) in [6.45, 7) is 6.91. The number of hydrogen-bond donors (Lipinski definition) is 1. The van der Waals surface area contributed by atoms with E-state index in [-0.39, 0.29) is 0 Å². The molecule has 3 aromatic rings. The fourth-order valence-electron chi connectivity index (χ4n) is 3.27. The van der Waals surface area contributed by atoms with E-state index in [0.717, 1.165) is 42.3 Å². The Kier molecular flexibility index (Phi) is 8.16. The van der Waals surface area contributed by atoms with Crippen LogP contribution in [0.15, 0.2) is 66.7 Å². The van der Waals surface area contributed by atoms with Crippen molar-refractivity contribution in [1.29, 1.82) is 0 Å². The van der Waals surface area contributed by atoms with Crippen LogP contribution in [0, 0.1) is 6.92 Å². The minimum Gasteiger partial charge on any atom is -0.497 e. The topological polar surface area (TPSA) is 39.7 Å². The molecule has 4 nitrogen and oxygen atoms in total. The molecular weight excluding hydrogens is 374 g/mol. The standard InChI is InChI=1S/C26H31NO3/c1-4-29-26-17-22(18-27-15-14-21-8-11-24(28-3)12-9-21)10-13-25(26)30-19-23-7-5-6-20(2)16-23/h5-13,16-17,27H,4,14-15,18-19H2,1-3H3. The van der Waals surface area contributed by atoms with E-state index in [1.807, 2.05) is 25.1 Å². The number of aryl methyl sites for hydroxylation is 1. The molecule has 0 spiro atoms. The number of hydrogen-bond acceptors (Lipinski definition) is 4. The quantitative estimate of drug-likeness (QED) is 0.439. The molecule has 0 aromatic heterocycles. The Bertz CT molecular complexity index is 922. The molecule has 30 heavy (non-hydrogen) atoms. The van der Waals surface area contributed by atoms with E-state index in [0.29, 0.717) is 13.2 Å². The van der Waals surface area contributed by atoms with E-state index in [4.69, 9.17) is 14.2 Å². The maximum Gasteiger partial charge on any atom is 0.161 e. The van der Waals surface area contributed by atoms with Crippen molar-refractivity contribution in [2.24, 2.45) is 0 Å². The monoisotopic (exact) mass is 405 g/mol. The fraction of sp³-hybridized carbons (Fsp3) is 0.308. The van der Waals surface area contributed by atoms with Crippen LogP contribution in [-0.4, -0.2) is 20.3 Å². The average molecular weight is 406 g/mol. The summed E-state index contributed by atoms with van der Waals surface area (Å²) < 4.78 is 17.1. The van der Waals surface area contributed by atoms with E-state index in [2.05, 4.69) is 60.8 Å². The third-order valence-electron chi connectivity index (χ3n) is 4.86. The summed E-state index contributed by atoms with van der Waals surface area (Å²) in [4.78, 5) is 0. The number of rotatable bonds is 11. The number of benzene rings is 3. The lowest BCUT2D eigenvalue weighted by molar-refractivity contribution is 0.269. The maximum absolute atomic E-state index is 6.03. The lowest BCUT2D eigenvalue weighted by Crippen LogP contribution is -2.16. The first-order valence-electron chi connectivity index (χ1n) is 10.5. The highest BCUT2D eigenvalue weighted by atomic mass is 16.5. The van der Waals surface area contributed by atoms with Gasteiger partial charge in [-0.05, 0) is 67.8 Å². The summed E-state index contributed by atoms with van der Waals surface area (Å²) >= 11 is 0. The Morgan fingerprint density at radius 3 is 2.33 bits per heavy atom. The summed E-state index contributed by atoms with van der Waals surface area (Å²) in [5.41, 5.74) is 4.85. The normalized spacial score (nSPS) is 10.6. The summed E-state index contributed by atoms with van der Waals surface area (Å²) in [5, 5.41) is 3.50. The summed E-state index contributed by atoms with van der Waals surface area (Å²) in [6, 6.07) is 22.7. The van der Waals surface area contributed by atoms with Crippen molar-refractivity contribution in [2.75, 3.05) is 20.3 Å². The van der Waals surface area contributed by atoms with E-state index in [1.54, 1.807) is 7.11 Å². The summed E-state index contributed by atoms with van der Waals surface area (Å²) in [5.74, 6) is 2.46. The second kappa shape index (κ2) is 11.3. The van der Waals surface area contributed by atoms with E-state index in [1.165, 1.54) is 16.7 Å². The van der Waals surface area contributed by atoms with Crippen molar-refractivity contribution in [3.05, 3.63) is 89.0 Å². The molecular formula is C26H31NO3. The minimum atomic E-state index is 0.529. The van der Waals surface area contributed by atoms with Crippen LogP contribution in [0.1, 0.15) is 29.2 Å². The molecule has 0 saturated heterocycles. The van der Waals surface area contributed by atoms with Gasteiger partial charge in [-0.3, -0.25) is 0 Å². The van der Waals surface area contributed by atoms with Gasteiger partial charge in [-0.15, -0.1) is 0 Å². The zero-order valence-corrected chi connectivity index (χ0v) is 18.1. The molecule has 0 unspecified atom stereocenters. The van der Waals surface area contributed by atoms with Gasteiger partial charge in [0.1, 0.15) is 12.4 Å². The van der Waals surface area contributed by atoms with Crippen molar-refractivity contribution in [3.63, 3.8) is 0 Å². The van der Waals surface area contributed by atoms with E-state index in [9.17, 15) is 0 Å². The van der Waals surface area contributed by atoms with Crippen LogP contribution < -0.4 is 19.5 Å². The average Bonchev–Trinajstić information content (AvgIpc) is 2.77. The van der Waals surface area contributed by atoms with Crippen LogP contribution in [0.25, 0.3) is 0 Å². The third-order valence-corrected chi connectivity index (χ3v) is 4.86. The molecule has 0 saturated carbocycles. The zero-order valence-electron chi connectivity index (χ0n) is 18.1. The Hall–Kier alpha value is -2.98. The van der Waals surface area contributed by atoms with Gasteiger partial charge in [-0.2, -0.15) is 0 Å². The van der Waals surface area contributed by atoms with Crippen molar-refractivity contribution in [2.45, 2.75) is 33.4 Å². The second-order valence-electron chi connectivity index (χ2n) is 7.27. The van der Waals surface area contributed by atoms with E-state index >= 15 is 0 Å². The molecule has 0 aliphatic heterocycles. The molecule has 4 heteroatoms. The lowest BCUT2D eigenvalue weighted by atomic mass is 10.1. The van der Waals surface area contributed by atoms with Gasteiger partial charge in [0, 0.05) is 6.54 Å². The Morgan fingerprint density at radius 2 is 1.60 bits per heavy atom. The summed E-state index contributed by atoms with van der Waals surface area (Å²) in [7, 11) is 1.69. The second-order valence-corrected chi connectivity index (χ2v) is 7.27. The van der Waals surface area contributed by atoms with E-state index < -0.39 is 0 Å². The van der Waals surface area contributed by atoms with Gasteiger partial charge in [0.2, 0.25) is 0 Å². The van der Waals surface area contributed by atoms with Crippen molar-refractivity contribution in [3.8, 4) is 17.2 Å². The summed E-state index contributed by atoms with van der Waals surface area (Å²) in [6.07, 6.45) is 0.972. The first-order valence-corrected chi connectivity index (χ1v) is 10.5. The molecule has 3 aromatic carbocycles. The molecule has 0 amide bonds. The first kappa shape index (κ1) is 21.7. The molecule has 0 aliphatic rings. The highest BCUT2D eigenvalue weighted by Crippen LogP contribution is 2.29. The first-order chi connectivity index (χ1) is 14.7. The Balaban J connectivity index is 1.53. The maximum atomic E-state index is 6.03. The van der Waals surface area contributed by atoms with Crippen LogP contribution in [-0.2, 0) is 19.6 Å². The predicted octanol–water partition coefficient (Wildman–Crippen LogP) is 5.31. The van der Waals surface area contributed by atoms with Crippen LogP contribution >= 0.6 is 0 Å². The SMILES string of the molecule is CCOc1cc(CNCCc2ccc(OC)cc2)ccc1OCc1cccc(C)c1. The molecule has 0 heterocycles. The minimum absolute atomic E-state index is 0.529. The van der Waals surface area contributed by atoms with Crippen LogP contribution in [0.4, 0.5) is 0 Å². The van der Waals surface area contributed by atoms with Gasteiger partial charge in [-0.25, -0.2) is 0 Å². The number of methoxy groups -OCH3 is 1. The Morgan fingerprint density at radius 1 is 0.800 bits per heavy atom. The third kappa shape index (κ3) is 6.53. The molecule has 0 atom stereocenters. The smallest absolute Gasteiger partial charge is 0.161 e. The molecule has 0 bridgehead atoms. The predicted molar refractivity (Wildman–Crippen MR) is 122 cm³/mol.